The Bertz CT molecular complexity index is 530. The lowest BCUT2D eigenvalue weighted by atomic mass is 10.3. The zero-order chi connectivity index (χ0) is 13.0. The summed E-state index contributed by atoms with van der Waals surface area (Å²) < 4.78 is 18.7. The molecule has 0 aliphatic carbocycles. The monoisotopic (exact) mass is 248 g/mol. The number of hydrogen-bond acceptors (Lipinski definition) is 5. The molecule has 2 rings (SSSR count). The van der Waals surface area contributed by atoms with Crippen molar-refractivity contribution in [1.29, 1.82) is 0 Å². The molecule has 0 bridgehead atoms. The Labute approximate surface area is 104 Å². The lowest BCUT2D eigenvalue weighted by Gasteiger charge is -2.08. The number of nitrogens with zero attached hydrogens (tertiary/aromatic N) is 2. The summed E-state index contributed by atoms with van der Waals surface area (Å²) in [7, 11) is 0. The summed E-state index contributed by atoms with van der Waals surface area (Å²) in [5, 5.41) is 2.92. The van der Waals surface area contributed by atoms with E-state index in [2.05, 4.69) is 15.3 Å². The first kappa shape index (κ1) is 12.1. The van der Waals surface area contributed by atoms with E-state index in [1.807, 2.05) is 0 Å². The van der Waals surface area contributed by atoms with Gasteiger partial charge in [-0.3, -0.25) is 0 Å². The number of rotatable bonds is 4. The highest BCUT2D eigenvalue weighted by Gasteiger charge is 2.04. The van der Waals surface area contributed by atoms with Gasteiger partial charge in [-0.15, -0.1) is 0 Å². The molecule has 1 heterocycles. The quantitative estimate of drug-likeness (QED) is 0.868. The van der Waals surface area contributed by atoms with Gasteiger partial charge in [0.2, 0.25) is 0 Å². The fourth-order valence-corrected chi connectivity index (χ4v) is 1.40. The average Bonchev–Trinajstić information content (AvgIpc) is 2.36. The molecule has 0 aliphatic rings. The summed E-state index contributed by atoms with van der Waals surface area (Å²) in [6, 6.07) is 4.60. The second-order valence-corrected chi connectivity index (χ2v) is 3.53. The Morgan fingerprint density at radius 1 is 1.33 bits per heavy atom. The van der Waals surface area contributed by atoms with Crippen molar-refractivity contribution >= 4 is 17.3 Å². The van der Waals surface area contributed by atoms with Crippen LogP contribution in [0.3, 0.4) is 0 Å². The fourth-order valence-electron chi connectivity index (χ4n) is 1.40. The van der Waals surface area contributed by atoms with Crippen molar-refractivity contribution in [2.24, 2.45) is 0 Å². The zero-order valence-electron chi connectivity index (χ0n) is 9.85. The number of halogens is 1. The number of nitrogens with one attached hydrogen (secondary N) is 1. The first-order valence-electron chi connectivity index (χ1n) is 5.46. The Morgan fingerprint density at radius 3 is 2.78 bits per heavy atom. The Kier molecular flexibility index (Phi) is 3.57. The van der Waals surface area contributed by atoms with Gasteiger partial charge in [0, 0.05) is 11.8 Å². The highest BCUT2D eigenvalue weighted by atomic mass is 19.1. The SMILES string of the molecule is CCOc1ccc(Nc2cnc(N)cn2)cc1F. The van der Waals surface area contributed by atoms with Gasteiger partial charge in [0.15, 0.2) is 11.6 Å². The number of nitrogens with two attached hydrogens (primary N) is 1. The maximum absolute atomic E-state index is 13.6. The van der Waals surface area contributed by atoms with Crippen molar-refractivity contribution in [3.63, 3.8) is 0 Å². The number of aromatic nitrogens is 2. The van der Waals surface area contributed by atoms with Crippen LogP contribution in [-0.2, 0) is 0 Å². The maximum atomic E-state index is 13.6. The first-order valence-corrected chi connectivity index (χ1v) is 5.46. The van der Waals surface area contributed by atoms with Crippen molar-refractivity contribution in [1.82, 2.24) is 9.97 Å². The van der Waals surface area contributed by atoms with Gasteiger partial charge in [0.25, 0.3) is 0 Å². The molecule has 0 saturated heterocycles. The smallest absolute Gasteiger partial charge is 0.167 e. The molecule has 0 atom stereocenters. The van der Waals surface area contributed by atoms with Gasteiger partial charge in [-0.2, -0.15) is 0 Å². The van der Waals surface area contributed by atoms with Gasteiger partial charge >= 0.3 is 0 Å². The third-order valence-corrected chi connectivity index (χ3v) is 2.18. The largest absolute Gasteiger partial charge is 0.491 e. The molecule has 0 aliphatic heterocycles. The van der Waals surface area contributed by atoms with E-state index in [-0.39, 0.29) is 5.75 Å². The zero-order valence-corrected chi connectivity index (χ0v) is 9.85. The van der Waals surface area contributed by atoms with Crippen molar-refractivity contribution in [3.8, 4) is 5.75 Å². The summed E-state index contributed by atoms with van der Waals surface area (Å²) in [4.78, 5) is 7.89. The van der Waals surface area contributed by atoms with Crippen LogP contribution in [0.15, 0.2) is 30.6 Å². The number of nitrogen functional groups attached to an aromatic ring is 1. The third-order valence-electron chi connectivity index (χ3n) is 2.18. The van der Waals surface area contributed by atoms with E-state index >= 15 is 0 Å². The molecule has 0 spiro atoms. The molecule has 5 nitrogen and oxygen atoms in total. The molecule has 0 saturated carbocycles. The Hall–Kier alpha value is -2.37. The lowest BCUT2D eigenvalue weighted by Crippen LogP contribution is -1.99. The predicted molar refractivity (Wildman–Crippen MR) is 67.3 cm³/mol. The molecule has 0 amide bonds. The normalized spacial score (nSPS) is 10.1. The Morgan fingerprint density at radius 2 is 2.17 bits per heavy atom. The summed E-state index contributed by atoms with van der Waals surface area (Å²) in [6.45, 7) is 2.22. The topological polar surface area (TPSA) is 73.1 Å². The van der Waals surface area contributed by atoms with E-state index in [1.165, 1.54) is 18.5 Å². The highest BCUT2D eigenvalue weighted by molar-refractivity contribution is 5.57. The molecule has 6 heteroatoms. The summed E-state index contributed by atoms with van der Waals surface area (Å²) in [6.07, 6.45) is 2.90. The number of hydrogen-bond donors (Lipinski definition) is 2. The van der Waals surface area contributed by atoms with Crippen molar-refractivity contribution in [2.45, 2.75) is 6.92 Å². The number of anilines is 3. The van der Waals surface area contributed by atoms with Crippen LogP contribution in [0.5, 0.6) is 5.75 Å². The molecule has 3 N–H and O–H groups in total. The van der Waals surface area contributed by atoms with E-state index in [4.69, 9.17) is 10.5 Å². The van der Waals surface area contributed by atoms with Crippen LogP contribution in [0.25, 0.3) is 0 Å². The lowest BCUT2D eigenvalue weighted by molar-refractivity contribution is 0.321. The fraction of sp³-hybridized carbons (Fsp3) is 0.167. The molecule has 2 aromatic rings. The third kappa shape index (κ3) is 2.85. The van der Waals surface area contributed by atoms with Gasteiger partial charge in [-0.25, -0.2) is 14.4 Å². The van der Waals surface area contributed by atoms with Crippen LogP contribution in [-0.4, -0.2) is 16.6 Å². The second-order valence-electron chi connectivity index (χ2n) is 3.53. The van der Waals surface area contributed by atoms with E-state index < -0.39 is 5.82 Å². The summed E-state index contributed by atoms with van der Waals surface area (Å²) >= 11 is 0. The molecule has 0 fully saturated rings. The standard InChI is InChI=1S/C12H13FN4O/c1-2-18-10-4-3-8(5-9(10)13)17-12-7-15-11(14)6-16-12/h3-7H,2H2,1H3,(H2,14,15)(H,16,17). The van der Waals surface area contributed by atoms with Crippen molar-refractivity contribution in [2.75, 3.05) is 17.7 Å². The highest BCUT2D eigenvalue weighted by Crippen LogP contribution is 2.22. The summed E-state index contributed by atoms with van der Waals surface area (Å²) in [5.74, 6) is 0.628. The average molecular weight is 248 g/mol. The molecule has 0 unspecified atom stereocenters. The minimum absolute atomic E-state index is 0.228. The van der Waals surface area contributed by atoms with Gasteiger partial charge in [-0.05, 0) is 19.1 Å². The van der Waals surface area contributed by atoms with Crippen LogP contribution in [0, 0.1) is 5.82 Å². The van der Waals surface area contributed by atoms with Crippen LogP contribution in [0.4, 0.5) is 21.7 Å². The van der Waals surface area contributed by atoms with Crippen molar-refractivity contribution < 1.29 is 9.13 Å². The molecule has 94 valence electrons. The van der Waals surface area contributed by atoms with E-state index in [0.29, 0.717) is 23.9 Å². The minimum atomic E-state index is -0.426. The van der Waals surface area contributed by atoms with Crippen LogP contribution in [0.1, 0.15) is 6.92 Å². The van der Waals surface area contributed by atoms with Gasteiger partial charge in [-0.1, -0.05) is 0 Å². The number of benzene rings is 1. The minimum Gasteiger partial charge on any atom is -0.491 e. The molecule has 1 aromatic heterocycles. The van der Waals surface area contributed by atoms with Crippen molar-refractivity contribution in [3.05, 3.63) is 36.4 Å². The summed E-state index contributed by atoms with van der Waals surface area (Å²) in [5.41, 5.74) is 5.98. The molecular weight excluding hydrogens is 235 g/mol. The van der Waals surface area contributed by atoms with Gasteiger partial charge in [0.1, 0.15) is 11.6 Å². The van der Waals surface area contributed by atoms with Gasteiger partial charge < -0.3 is 15.8 Å². The van der Waals surface area contributed by atoms with Gasteiger partial charge in [0.05, 0.1) is 19.0 Å². The van der Waals surface area contributed by atoms with E-state index in [9.17, 15) is 4.39 Å². The first-order chi connectivity index (χ1) is 8.69. The molecule has 0 radical (unpaired) electrons. The maximum Gasteiger partial charge on any atom is 0.167 e. The van der Waals surface area contributed by atoms with E-state index in [0.717, 1.165) is 0 Å². The molecule has 18 heavy (non-hydrogen) atoms. The van der Waals surface area contributed by atoms with Crippen LogP contribution >= 0.6 is 0 Å². The predicted octanol–water partition coefficient (Wildman–Crippen LogP) is 2.34. The van der Waals surface area contributed by atoms with E-state index in [1.54, 1.807) is 19.1 Å². The van der Waals surface area contributed by atoms with Crippen LogP contribution < -0.4 is 15.8 Å². The number of ether oxygens (including phenoxy) is 1. The molecular formula is C12H13FN4O. The second kappa shape index (κ2) is 5.31. The van der Waals surface area contributed by atoms with Crippen LogP contribution in [0.2, 0.25) is 0 Å². The Balaban J connectivity index is 2.14. The molecule has 1 aromatic carbocycles.